The first-order valence-electron chi connectivity index (χ1n) is 3.90. The Morgan fingerprint density at radius 1 is 1.43 bits per heavy atom. The Morgan fingerprint density at radius 3 is 2.50 bits per heavy atom. The molecule has 1 aromatic rings. The highest BCUT2D eigenvalue weighted by molar-refractivity contribution is 6.30. The van der Waals surface area contributed by atoms with E-state index in [1.165, 1.54) is 19.2 Å². The number of anilines is 1. The maximum Gasteiger partial charge on any atom is 0.484 e. The maximum atomic E-state index is 12.4. The van der Waals surface area contributed by atoms with Gasteiger partial charge in [0.1, 0.15) is 0 Å². The quantitative estimate of drug-likeness (QED) is 0.718. The third-order valence-corrected chi connectivity index (χ3v) is 1.83. The van der Waals surface area contributed by atoms with Gasteiger partial charge >= 0.3 is 6.30 Å². The van der Waals surface area contributed by atoms with Gasteiger partial charge < -0.3 is 0 Å². The van der Waals surface area contributed by atoms with Crippen LogP contribution in [0.15, 0.2) is 18.5 Å². The highest BCUT2D eigenvalue weighted by atomic mass is 35.5. The largest absolute Gasteiger partial charge is 0.484 e. The first-order chi connectivity index (χ1) is 6.45. The molecule has 0 amide bonds. The van der Waals surface area contributed by atoms with Gasteiger partial charge in [0.25, 0.3) is 0 Å². The third kappa shape index (κ3) is 2.51. The van der Waals surface area contributed by atoms with Crippen molar-refractivity contribution in [2.24, 2.45) is 0 Å². The van der Waals surface area contributed by atoms with Crippen LogP contribution in [0.5, 0.6) is 0 Å². The van der Waals surface area contributed by atoms with E-state index in [9.17, 15) is 13.2 Å². The smallest absolute Gasteiger partial charge is 0.283 e. The van der Waals surface area contributed by atoms with Crippen LogP contribution in [0.2, 0.25) is 5.02 Å². The molecule has 0 unspecified atom stereocenters. The molecule has 2 nitrogen and oxygen atoms in total. The molecule has 0 aliphatic heterocycles. The van der Waals surface area contributed by atoms with E-state index in [4.69, 9.17) is 11.6 Å². The number of hydrogen-bond acceptors (Lipinski definition) is 2. The Balaban J connectivity index is 3.01. The zero-order valence-electron chi connectivity index (χ0n) is 7.35. The van der Waals surface area contributed by atoms with Crippen LogP contribution in [-0.4, -0.2) is 17.8 Å². The summed E-state index contributed by atoms with van der Waals surface area (Å²) in [5.74, 6) is 0. The molecule has 0 aliphatic carbocycles. The van der Waals surface area contributed by atoms with Gasteiger partial charge in [0, 0.05) is 12.7 Å². The lowest BCUT2D eigenvalue weighted by atomic mass is 10.4. The Labute approximate surface area is 84.3 Å². The minimum Gasteiger partial charge on any atom is -0.283 e. The summed E-state index contributed by atoms with van der Waals surface area (Å²) in [5, 5.41) is 0.185. The van der Waals surface area contributed by atoms with E-state index < -0.39 is 6.30 Å². The Bertz CT molecular complexity index is 314. The van der Waals surface area contributed by atoms with Gasteiger partial charge in [0.15, 0.2) is 0 Å². The molecule has 0 atom stereocenters. The molecule has 6 heteroatoms. The lowest BCUT2D eigenvalue weighted by molar-refractivity contribution is -0.128. The summed E-state index contributed by atoms with van der Waals surface area (Å²) in [6.45, 7) is 1.24. The highest BCUT2D eigenvalue weighted by Gasteiger charge is 2.36. The molecule has 0 saturated heterocycles. The molecule has 0 N–H and O–H groups in total. The number of pyridine rings is 1. The van der Waals surface area contributed by atoms with Crippen LogP contribution >= 0.6 is 11.6 Å². The van der Waals surface area contributed by atoms with Crippen LogP contribution in [0.3, 0.4) is 0 Å². The first-order valence-corrected chi connectivity index (χ1v) is 4.28. The van der Waals surface area contributed by atoms with Crippen LogP contribution in [0.4, 0.5) is 18.9 Å². The monoisotopic (exact) mass is 224 g/mol. The maximum absolute atomic E-state index is 12.4. The van der Waals surface area contributed by atoms with Crippen molar-refractivity contribution in [3.8, 4) is 0 Å². The number of halogens is 4. The van der Waals surface area contributed by atoms with E-state index in [0.717, 1.165) is 6.20 Å². The summed E-state index contributed by atoms with van der Waals surface area (Å²) in [7, 11) is 0. The average molecular weight is 225 g/mol. The standard InChI is InChI=1S/C8H8ClF3N2/c1-2-14(8(10,11)12)7-3-6(9)4-13-5-7/h3-5H,2H2,1H3. The second kappa shape index (κ2) is 4.04. The molecular weight excluding hydrogens is 217 g/mol. The molecule has 0 bridgehead atoms. The molecule has 0 spiro atoms. The van der Waals surface area contributed by atoms with Gasteiger partial charge in [-0.05, 0) is 13.0 Å². The van der Waals surface area contributed by atoms with Crippen molar-refractivity contribution in [3.63, 3.8) is 0 Å². The van der Waals surface area contributed by atoms with Gasteiger partial charge in [-0.25, -0.2) is 0 Å². The molecule has 0 aromatic carbocycles. The van der Waals surface area contributed by atoms with Crippen LogP contribution < -0.4 is 4.90 Å². The molecular formula is C8H8ClF3N2. The lowest BCUT2D eigenvalue weighted by Gasteiger charge is -2.24. The predicted octanol–water partition coefficient (Wildman–Crippen LogP) is 3.08. The molecule has 1 heterocycles. The molecule has 0 radical (unpaired) electrons. The number of aromatic nitrogens is 1. The summed E-state index contributed by atoms with van der Waals surface area (Å²) in [5.41, 5.74) is -0.0486. The van der Waals surface area contributed by atoms with Crippen molar-refractivity contribution in [2.45, 2.75) is 13.2 Å². The molecule has 0 aliphatic rings. The molecule has 0 fully saturated rings. The van der Waals surface area contributed by atoms with Gasteiger partial charge in [-0.1, -0.05) is 11.6 Å². The molecule has 1 aromatic heterocycles. The molecule has 1 rings (SSSR count). The van der Waals surface area contributed by atoms with Crippen molar-refractivity contribution in [3.05, 3.63) is 23.5 Å². The average Bonchev–Trinajstić information content (AvgIpc) is 2.02. The Morgan fingerprint density at radius 2 is 2.07 bits per heavy atom. The number of rotatable bonds is 2. The molecule has 0 saturated carbocycles. The number of alkyl halides is 3. The van der Waals surface area contributed by atoms with Crippen LogP contribution in [0.1, 0.15) is 6.92 Å². The lowest BCUT2D eigenvalue weighted by Crippen LogP contribution is -2.37. The van der Waals surface area contributed by atoms with E-state index in [1.54, 1.807) is 0 Å². The minimum absolute atomic E-state index is 0.0486. The van der Waals surface area contributed by atoms with Gasteiger partial charge in [-0.3, -0.25) is 9.88 Å². The van der Waals surface area contributed by atoms with E-state index in [0.29, 0.717) is 0 Å². The zero-order chi connectivity index (χ0) is 10.8. The van der Waals surface area contributed by atoms with Crippen molar-refractivity contribution >= 4 is 17.3 Å². The minimum atomic E-state index is -4.40. The Kier molecular flexibility index (Phi) is 3.21. The fourth-order valence-electron chi connectivity index (χ4n) is 1.06. The highest BCUT2D eigenvalue weighted by Crippen LogP contribution is 2.28. The van der Waals surface area contributed by atoms with Gasteiger partial charge in [0.05, 0.1) is 16.9 Å². The van der Waals surface area contributed by atoms with Gasteiger partial charge in [0.2, 0.25) is 0 Å². The van der Waals surface area contributed by atoms with Crippen LogP contribution in [0.25, 0.3) is 0 Å². The Hall–Kier alpha value is -0.970. The fraction of sp³-hybridized carbons (Fsp3) is 0.375. The van der Waals surface area contributed by atoms with E-state index in [1.807, 2.05) is 0 Å². The summed E-state index contributed by atoms with van der Waals surface area (Å²) >= 11 is 5.54. The first kappa shape index (κ1) is 11.1. The summed E-state index contributed by atoms with van der Waals surface area (Å²) < 4.78 is 37.2. The molecule has 78 valence electrons. The van der Waals surface area contributed by atoms with E-state index in [-0.39, 0.29) is 22.2 Å². The summed E-state index contributed by atoms with van der Waals surface area (Å²) in [4.78, 5) is 3.86. The summed E-state index contributed by atoms with van der Waals surface area (Å²) in [6.07, 6.45) is -1.99. The predicted molar refractivity (Wildman–Crippen MR) is 48.3 cm³/mol. The normalized spacial score (nSPS) is 11.5. The third-order valence-electron chi connectivity index (χ3n) is 1.62. The second-order valence-corrected chi connectivity index (χ2v) is 3.01. The van der Waals surface area contributed by atoms with E-state index >= 15 is 0 Å². The van der Waals surface area contributed by atoms with Crippen LogP contribution in [-0.2, 0) is 0 Å². The van der Waals surface area contributed by atoms with Gasteiger partial charge in [-0.15, -0.1) is 0 Å². The molecule has 14 heavy (non-hydrogen) atoms. The van der Waals surface area contributed by atoms with Crippen molar-refractivity contribution in [1.29, 1.82) is 0 Å². The number of nitrogens with zero attached hydrogens (tertiary/aromatic N) is 2. The second-order valence-electron chi connectivity index (χ2n) is 2.57. The van der Waals surface area contributed by atoms with Crippen molar-refractivity contribution in [2.75, 3.05) is 11.4 Å². The number of hydrogen-bond donors (Lipinski definition) is 0. The SMILES string of the molecule is CCN(c1cncc(Cl)c1)C(F)(F)F. The topological polar surface area (TPSA) is 16.1 Å². The van der Waals surface area contributed by atoms with Crippen LogP contribution in [0, 0.1) is 0 Å². The van der Waals surface area contributed by atoms with Gasteiger partial charge in [-0.2, -0.15) is 13.2 Å². The zero-order valence-corrected chi connectivity index (χ0v) is 8.10. The summed E-state index contributed by atoms with van der Waals surface area (Å²) in [6, 6.07) is 1.23. The fourth-order valence-corrected chi connectivity index (χ4v) is 1.22. The van der Waals surface area contributed by atoms with Crippen molar-refractivity contribution < 1.29 is 13.2 Å². The van der Waals surface area contributed by atoms with E-state index in [2.05, 4.69) is 4.98 Å². The van der Waals surface area contributed by atoms with Crippen molar-refractivity contribution in [1.82, 2.24) is 4.98 Å².